The summed E-state index contributed by atoms with van der Waals surface area (Å²) in [4.78, 5) is 16.8. The van der Waals surface area contributed by atoms with Crippen LogP contribution in [0.1, 0.15) is 29.0 Å². The van der Waals surface area contributed by atoms with Crippen LogP contribution in [-0.4, -0.2) is 53.1 Å². The van der Waals surface area contributed by atoms with Gasteiger partial charge >= 0.3 is 0 Å². The zero-order valence-corrected chi connectivity index (χ0v) is 18.4. The van der Waals surface area contributed by atoms with Crippen molar-refractivity contribution in [3.05, 3.63) is 46.7 Å². The van der Waals surface area contributed by atoms with Crippen LogP contribution in [0.15, 0.2) is 23.7 Å². The molecule has 1 aliphatic rings. The first-order valence-corrected chi connectivity index (χ1v) is 11.1. The van der Waals surface area contributed by atoms with Crippen molar-refractivity contribution < 1.29 is 27.4 Å². The van der Waals surface area contributed by atoms with Gasteiger partial charge in [-0.2, -0.15) is 5.10 Å². The first-order valence-electron chi connectivity index (χ1n) is 10.2. The largest absolute Gasteiger partial charge is 0.497 e. The third-order valence-electron chi connectivity index (χ3n) is 5.38. The number of hydrogen-bond donors (Lipinski definition) is 3. The fourth-order valence-corrected chi connectivity index (χ4v) is 4.36. The number of nitrogens with zero attached hydrogens (tertiary/aromatic N) is 2. The number of carbonyl (C=O) groups excluding carboxylic acids is 1. The molecule has 1 aliphatic heterocycles. The van der Waals surface area contributed by atoms with Crippen molar-refractivity contribution in [1.82, 2.24) is 15.2 Å². The van der Waals surface area contributed by atoms with Gasteiger partial charge in [0.2, 0.25) is 0 Å². The van der Waals surface area contributed by atoms with E-state index in [1.165, 1.54) is 18.7 Å². The van der Waals surface area contributed by atoms with Crippen LogP contribution in [-0.2, 0) is 11.2 Å². The van der Waals surface area contributed by atoms with Crippen molar-refractivity contribution in [3.63, 3.8) is 0 Å². The van der Waals surface area contributed by atoms with Crippen molar-refractivity contribution in [2.75, 3.05) is 19.0 Å². The monoisotopic (exact) mass is 481 g/mol. The van der Waals surface area contributed by atoms with Gasteiger partial charge in [-0.25, -0.2) is 18.2 Å². The third kappa shape index (κ3) is 5.18. The fourth-order valence-electron chi connectivity index (χ4n) is 3.51. The van der Waals surface area contributed by atoms with Crippen LogP contribution >= 0.6 is 11.3 Å². The van der Waals surface area contributed by atoms with Crippen LogP contribution in [0.4, 0.5) is 18.9 Å². The number of hydrogen-bond acceptors (Lipinski definition) is 7. The molecule has 1 fully saturated rings. The first-order chi connectivity index (χ1) is 15.9. The predicted molar refractivity (Wildman–Crippen MR) is 116 cm³/mol. The maximum atomic E-state index is 14.3. The average molecular weight is 482 g/mol. The molecule has 12 heteroatoms. The van der Waals surface area contributed by atoms with Crippen LogP contribution in [0.3, 0.4) is 0 Å². The third-order valence-corrected chi connectivity index (χ3v) is 6.24. The number of halogens is 3. The van der Waals surface area contributed by atoms with E-state index in [2.05, 4.69) is 20.5 Å². The molecule has 176 valence electrons. The molecular formula is C21H22F3N5O3S. The van der Waals surface area contributed by atoms with Crippen LogP contribution in [0.2, 0.25) is 0 Å². The van der Waals surface area contributed by atoms with E-state index in [4.69, 9.17) is 15.2 Å². The SMILES string of the molecule is COc1cc(F)c(-c2nc(C(=O)Nc3cn[nH]c3C[C@@H]3CC[C@@H](N)[C@H](F)CO3)cs2)c(F)c1. The maximum absolute atomic E-state index is 14.3. The number of carbonyl (C=O) groups is 1. The van der Waals surface area contributed by atoms with E-state index in [0.717, 1.165) is 23.5 Å². The predicted octanol–water partition coefficient (Wildman–Crippen LogP) is 3.46. The summed E-state index contributed by atoms with van der Waals surface area (Å²) in [6.45, 7) is -0.0816. The van der Waals surface area contributed by atoms with E-state index in [-0.39, 0.29) is 34.7 Å². The topological polar surface area (TPSA) is 115 Å². The molecule has 1 saturated heterocycles. The van der Waals surface area contributed by atoms with Crippen molar-refractivity contribution in [1.29, 1.82) is 0 Å². The summed E-state index contributed by atoms with van der Waals surface area (Å²) in [5, 5.41) is 10.9. The highest BCUT2D eigenvalue weighted by Gasteiger charge is 2.26. The standard InChI is InChI=1S/C21H22F3N5O3S/c1-31-11-4-12(22)19(13(23)5-11)21-28-18(9-33-21)20(30)27-17-7-26-29-16(17)6-10-2-3-15(25)14(24)8-32-10/h4-5,7,9-10,14-15H,2-3,6,8,25H2,1H3,(H,26,29)(H,27,30)/t10-,14+,15+/m0/s1. The van der Waals surface area contributed by atoms with Crippen LogP contribution in [0.5, 0.6) is 5.75 Å². The molecule has 4 N–H and O–H groups in total. The minimum Gasteiger partial charge on any atom is -0.497 e. The Morgan fingerprint density at radius 1 is 1.36 bits per heavy atom. The maximum Gasteiger partial charge on any atom is 0.275 e. The van der Waals surface area contributed by atoms with Crippen molar-refractivity contribution in [2.24, 2.45) is 5.73 Å². The molecule has 0 bridgehead atoms. The van der Waals surface area contributed by atoms with Gasteiger partial charge in [-0.15, -0.1) is 11.3 Å². The molecule has 0 unspecified atom stereocenters. The highest BCUT2D eigenvalue weighted by molar-refractivity contribution is 7.13. The first kappa shape index (κ1) is 23.2. The Hall–Kier alpha value is -2.96. The molecule has 3 heterocycles. The van der Waals surface area contributed by atoms with Crippen LogP contribution in [0.25, 0.3) is 10.6 Å². The lowest BCUT2D eigenvalue weighted by Crippen LogP contribution is -2.32. The van der Waals surface area contributed by atoms with E-state index in [1.807, 2.05) is 0 Å². The molecule has 2 aromatic heterocycles. The number of nitrogens with one attached hydrogen (secondary N) is 2. The molecular weight excluding hydrogens is 459 g/mol. The molecule has 1 aromatic carbocycles. The number of aromatic amines is 1. The normalized spacial score (nSPS) is 20.9. The summed E-state index contributed by atoms with van der Waals surface area (Å²) in [5.74, 6) is -2.22. The van der Waals surface area contributed by atoms with Gasteiger partial charge in [0.1, 0.15) is 34.3 Å². The van der Waals surface area contributed by atoms with E-state index >= 15 is 0 Å². The number of methoxy groups -OCH3 is 1. The molecule has 0 aliphatic carbocycles. The average Bonchev–Trinajstić information content (AvgIpc) is 3.41. The number of anilines is 1. The zero-order valence-electron chi connectivity index (χ0n) is 17.6. The quantitative estimate of drug-likeness (QED) is 0.497. The van der Waals surface area contributed by atoms with Crippen molar-refractivity contribution in [3.8, 4) is 16.3 Å². The number of H-pyrrole nitrogens is 1. The Bertz CT molecular complexity index is 1100. The van der Waals surface area contributed by atoms with Gasteiger partial charge in [0.25, 0.3) is 5.91 Å². The molecule has 1 amide bonds. The van der Waals surface area contributed by atoms with Gasteiger partial charge in [0, 0.05) is 30.0 Å². The Morgan fingerprint density at radius 3 is 2.85 bits per heavy atom. The summed E-state index contributed by atoms with van der Waals surface area (Å²) in [6, 6.07) is 1.53. The minimum absolute atomic E-state index is 0.00581. The summed E-state index contributed by atoms with van der Waals surface area (Å²) >= 11 is 0.937. The van der Waals surface area contributed by atoms with E-state index in [1.54, 1.807) is 0 Å². The molecule has 33 heavy (non-hydrogen) atoms. The number of nitrogens with two attached hydrogens (primary N) is 1. The number of aromatic nitrogens is 3. The highest BCUT2D eigenvalue weighted by Crippen LogP contribution is 2.32. The molecule has 8 nitrogen and oxygen atoms in total. The van der Waals surface area contributed by atoms with Crippen molar-refractivity contribution >= 4 is 22.9 Å². The second kappa shape index (κ2) is 9.89. The number of rotatable bonds is 6. The molecule has 4 rings (SSSR count). The zero-order chi connectivity index (χ0) is 23.5. The summed E-state index contributed by atoms with van der Waals surface area (Å²) in [5.41, 5.74) is 6.43. The highest BCUT2D eigenvalue weighted by atomic mass is 32.1. The van der Waals surface area contributed by atoms with E-state index in [9.17, 15) is 18.0 Å². The van der Waals surface area contributed by atoms with Gasteiger partial charge in [-0.05, 0) is 12.8 Å². The fraction of sp³-hybridized carbons (Fsp3) is 0.381. The van der Waals surface area contributed by atoms with Crippen molar-refractivity contribution in [2.45, 2.75) is 37.6 Å². The van der Waals surface area contributed by atoms with Crippen LogP contribution < -0.4 is 15.8 Å². The Morgan fingerprint density at radius 2 is 2.12 bits per heavy atom. The van der Waals surface area contributed by atoms with Gasteiger partial charge in [-0.1, -0.05) is 0 Å². The lowest BCUT2D eigenvalue weighted by Gasteiger charge is -2.15. The summed E-state index contributed by atoms with van der Waals surface area (Å²) in [6.07, 6.45) is 1.38. The number of benzene rings is 1. The van der Waals surface area contributed by atoms with E-state index < -0.39 is 29.8 Å². The number of amides is 1. The second-order valence-corrected chi connectivity index (χ2v) is 8.50. The second-order valence-electron chi connectivity index (χ2n) is 7.64. The van der Waals surface area contributed by atoms with E-state index in [0.29, 0.717) is 30.6 Å². The number of ether oxygens (including phenoxy) is 2. The lowest BCUT2D eigenvalue weighted by molar-refractivity contribution is 0.0295. The van der Waals surface area contributed by atoms with Gasteiger partial charge < -0.3 is 20.5 Å². The Balaban J connectivity index is 1.46. The summed E-state index contributed by atoms with van der Waals surface area (Å²) in [7, 11) is 1.30. The van der Waals surface area contributed by atoms with Gasteiger partial charge in [0.05, 0.1) is 43.0 Å². The molecule has 3 aromatic rings. The number of alkyl halides is 1. The van der Waals surface area contributed by atoms with Gasteiger partial charge in [-0.3, -0.25) is 9.89 Å². The Kier molecular flexibility index (Phi) is 6.96. The molecule has 0 spiro atoms. The van der Waals surface area contributed by atoms with Gasteiger partial charge in [0.15, 0.2) is 0 Å². The summed E-state index contributed by atoms with van der Waals surface area (Å²) < 4.78 is 52.9. The molecule has 3 atom stereocenters. The number of thiazole rings is 1. The molecule has 0 saturated carbocycles. The minimum atomic E-state index is -1.21. The molecule has 0 radical (unpaired) electrons. The van der Waals surface area contributed by atoms with Crippen LogP contribution in [0, 0.1) is 11.6 Å². The Labute approximate surface area is 191 Å². The smallest absolute Gasteiger partial charge is 0.275 e. The lowest BCUT2D eigenvalue weighted by atomic mass is 10.0.